The molecular weight excluding hydrogens is 448 g/mol. The van der Waals surface area contributed by atoms with Gasteiger partial charge in [-0.3, -0.25) is 14.2 Å². The maximum atomic E-state index is 13.2. The molecule has 2 atom stereocenters. The summed E-state index contributed by atoms with van der Waals surface area (Å²) < 4.78 is 7.97. The van der Waals surface area contributed by atoms with Crippen molar-refractivity contribution in [2.75, 3.05) is 0 Å². The van der Waals surface area contributed by atoms with Crippen LogP contribution in [0.2, 0.25) is 0 Å². The van der Waals surface area contributed by atoms with Gasteiger partial charge in [0.05, 0.1) is 29.7 Å². The Morgan fingerprint density at radius 3 is 2.88 bits per heavy atom. The van der Waals surface area contributed by atoms with Crippen LogP contribution in [0.1, 0.15) is 44.0 Å². The first-order valence-corrected chi connectivity index (χ1v) is 12.4. The third-order valence-corrected chi connectivity index (χ3v) is 7.65. The van der Waals surface area contributed by atoms with Crippen LogP contribution in [0.25, 0.3) is 20.4 Å². The topological polar surface area (TPSA) is 86.1 Å². The minimum absolute atomic E-state index is 0.0434. The molecule has 8 heteroatoms. The molecular formula is C26H28N4O3S. The molecule has 0 saturated heterocycles. The smallest absolute Gasteiger partial charge is 0.271 e. The van der Waals surface area contributed by atoms with Gasteiger partial charge in [0.15, 0.2) is 0 Å². The second-order valence-electron chi connectivity index (χ2n) is 9.33. The summed E-state index contributed by atoms with van der Waals surface area (Å²) in [5.41, 5.74) is 3.45. The molecule has 1 amide bonds. The van der Waals surface area contributed by atoms with Crippen molar-refractivity contribution in [1.29, 1.82) is 0 Å². The maximum absolute atomic E-state index is 13.2. The number of thiophene rings is 1. The number of carbonyl (C=O) groups is 1. The Hall–Kier alpha value is -3.10. The molecule has 176 valence electrons. The van der Waals surface area contributed by atoms with Gasteiger partial charge in [-0.2, -0.15) is 0 Å². The van der Waals surface area contributed by atoms with E-state index in [4.69, 9.17) is 9.72 Å². The molecule has 1 aliphatic heterocycles. The number of pyridine rings is 1. The SMILES string of the molecule is CC[C@]1(C)Cc2nc3sc4c(=O)n(CC(=O)N[C@H](C)Cc5ccccc5)cnc4c3cc2CO1. The Balaban J connectivity index is 1.38. The molecule has 34 heavy (non-hydrogen) atoms. The van der Waals surface area contributed by atoms with Crippen LogP contribution in [0.4, 0.5) is 0 Å². The lowest BCUT2D eigenvalue weighted by Gasteiger charge is -2.33. The van der Waals surface area contributed by atoms with Crippen LogP contribution < -0.4 is 10.9 Å². The Kier molecular flexibility index (Phi) is 5.95. The number of fused-ring (bicyclic) bond motifs is 4. The van der Waals surface area contributed by atoms with Gasteiger partial charge in [0.2, 0.25) is 5.91 Å². The predicted octanol–water partition coefficient (Wildman–Crippen LogP) is 4.00. The van der Waals surface area contributed by atoms with Gasteiger partial charge in [0.1, 0.15) is 16.1 Å². The number of carbonyl (C=O) groups excluding carboxylic acids is 1. The molecule has 0 radical (unpaired) electrons. The van der Waals surface area contributed by atoms with E-state index in [9.17, 15) is 9.59 Å². The lowest BCUT2D eigenvalue weighted by molar-refractivity contribution is -0.122. The van der Waals surface area contributed by atoms with Gasteiger partial charge in [-0.05, 0) is 38.3 Å². The number of aromatic nitrogens is 3. The molecule has 1 aromatic carbocycles. The van der Waals surface area contributed by atoms with Crippen molar-refractivity contribution in [2.24, 2.45) is 0 Å². The van der Waals surface area contributed by atoms with Crippen molar-refractivity contribution in [3.05, 3.63) is 69.9 Å². The Labute approximate surface area is 201 Å². The molecule has 4 heterocycles. The normalized spacial score (nSPS) is 18.7. The molecule has 0 fully saturated rings. The number of hydrogen-bond donors (Lipinski definition) is 1. The highest BCUT2D eigenvalue weighted by molar-refractivity contribution is 7.25. The van der Waals surface area contributed by atoms with Crippen molar-refractivity contribution in [2.45, 2.75) is 64.8 Å². The van der Waals surface area contributed by atoms with Gasteiger partial charge in [0, 0.05) is 23.4 Å². The first-order valence-electron chi connectivity index (χ1n) is 11.6. The van der Waals surface area contributed by atoms with Gasteiger partial charge in [-0.1, -0.05) is 37.3 Å². The molecule has 0 aliphatic carbocycles. The fourth-order valence-corrected chi connectivity index (χ4v) is 5.52. The number of rotatable bonds is 6. The number of amides is 1. The molecule has 0 unspecified atom stereocenters. The van der Waals surface area contributed by atoms with Gasteiger partial charge in [-0.15, -0.1) is 11.3 Å². The summed E-state index contributed by atoms with van der Waals surface area (Å²) in [7, 11) is 0. The fraction of sp³-hybridized carbons (Fsp3) is 0.385. The Morgan fingerprint density at radius 2 is 2.12 bits per heavy atom. The minimum Gasteiger partial charge on any atom is -0.370 e. The quantitative estimate of drug-likeness (QED) is 0.455. The van der Waals surface area contributed by atoms with Crippen molar-refractivity contribution in [3.63, 3.8) is 0 Å². The summed E-state index contributed by atoms with van der Waals surface area (Å²) >= 11 is 1.35. The third kappa shape index (κ3) is 4.35. The van der Waals surface area contributed by atoms with Gasteiger partial charge >= 0.3 is 0 Å². The highest BCUT2D eigenvalue weighted by Gasteiger charge is 2.31. The lowest BCUT2D eigenvalue weighted by atomic mass is 9.91. The Morgan fingerprint density at radius 1 is 1.32 bits per heavy atom. The van der Waals surface area contributed by atoms with Crippen LogP contribution in [0, 0.1) is 0 Å². The van der Waals surface area contributed by atoms with Crippen molar-refractivity contribution in [1.82, 2.24) is 19.9 Å². The van der Waals surface area contributed by atoms with E-state index in [2.05, 4.69) is 30.2 Å². The highest BCUT2D eigenvalue weighted by atomic mass is 32.1. The molecule has 0 spiro atoms. The van der Waals surface area contributed by atoms with E-state index in [1.165, 1.54) is 22.2 Å². The van der Waals surface area contributed by atoms with Crippen molar-refractivity contribution in [3.8, 4) is 0 Å². The molecule has 4 aromatic rings. The highest BCUT2D eigenvalue weighted by Crippen LogP contribution is 2.35. The van der Waals surface area contributed by atoms with Crippen molar-refractivity contribution >= 4 is 37.7 Å². The van der Waals surface area contributed by atoms with Crippen LogP contribution in [0.5, 0.6) is 0 Å². The van der Waals surface area contributed by atoms with E-state index in [1.807, 2.05) is 37.3 Å². The van der Waals surface area contributed by atoms with E-state index in [0.717, 1.165) is 46.3 Å². The first-order chi connectivity index (χ1) is 16.3. The zero-order chi connectivity index (χ0) is 23.9. The maximum Gasteiger partial charge on any atom is 0.271 e. The Bertz CT molecular complexity index is 1430. The standard InChI is InChI=1S/C26H28N4O3S/c1-4-26(3)12-20-18(14-33-26)11-19-22-23(34-24(19)29-20)25(32)30(15-27-22)13-21(31)28-16(2)10-17-8-6-5-7-9-17/h5-9,11,15-16H,4,10,12-14H2,1-3H3,(H,28,31)/t16-,26-/m1/s1. The largest absolute Gasteiger partial charge is 0.370 e. The summed E-state index contributed by atoms with van der Waals surface area (Å²) in [4.78, 5) is 36.0. The van der Waals surface area contributed by atoms with E-state index in [1.54, 1.807) is 0 Å². The number of nitrogens with zero attached hydrogens (tertiary/aromatic N) is 3. The second-order valence-corrected chi connectivity index (χ2v) is 10.3. The van der Waals surface area contributed by atoms with Crippen LogP contribution in [0.3, 0.4) is 0 Å². The summed E-state index contributed by atoms with van der Waals surface area (Å²) in [5, 5.41) is 3.85. The second kappa shape index (κ2) is 8.92. The summed E-state index contributed by atoms with van der Waals surface area (Å²) in [5.74, 6) is -0.211. The summed E-state index contributed by atoms with van der Waals surface area (Å²) in [6.45, 7) is 6.63. The zero-order valence-corrected chi connectivity index (χ0v) is 20.4. The molecule has 3 aromatic heterocycles. The number of nitrogens with one attached hydrogen (secondary N) is 1. The van der Waals surface area contributed by atoms with Crippen LogP contribution in [0.15, 0.2) is 47.5 Å². The van der Waals surface area contributed by atoms with Crippen LogP contribution >= 0.6 is 11.3 Å². The van der Waals surface area contributed by atoms with Gasteiger partial charge < -0.3 is 10.1 Å². The van der Waals surface area contributed by atoms with Crippen LogP contribution in [-0.2, 0) is 35.5 Å². The molecule has 1 aliphatic rings. The molecule has 1 N–H and O–H groups in total. The van der Waals surface area contributed by atoms with E-state index in [0.29, 0.717) is 16.8 Å². The number of hydrogen-bond acceptors (Lipinski definition) is 6. The predicted molar refractivity (Wildman–Crippen MR) is 134 cm³/mol. The third-order valence-electron chi connectivity index (χ3n) is 6.58. The average Bonchev–Trinajstić information content (AvgIpc) is 3.18. The van der Waals surface area contributed by atoms with Gasteiger partial charge in [0.25, 0.3) is 5.56 Å². The first kappa shape index (κ1) is 22.7. The van der Waals surface area contributed by atoms with E-state index >= 15 is 0 Å². The van der Waals surface area contributed by atoms with E-state index < -0.39 is 0 Å². The summed E-state index contributed by atoms with van der Waals surface area (Å²) in [6.07, 6.45) is 3.85. The van der Waals surface area contributed by atoms with Crippen LogP contribution in [-0.4, -0.2) is 32.1 Å². The van der Waals surface area contributed by atoms with Crippen molar-refractivity contribution < 1.29 is 9.53 Å². The molecule has 7 nitrogen and oxygen atoms in total. The molecule has 0 bridgehead atoms. The lowest BCUT2D eigenvalue weighted by Crippen LogP contribution is -2.38. The molecule has 0 saturated carbocycles. The fourth-order valence-electron chi connectivity index (χ4n) is 4.44. The van der Waals surface area contributed by atoms with Gasteiger partial charge in [-0.25, -0.2) is 9.97 Å². The minimum atomic E-state index is -0.216. The molecule has 5 rings (SSSR count). The zero-order valence-electron chi connectivity index (χ0n) is 19.6. The number of benzene rings is 1. The van der Waals surface area contributed by atoms with E-state index in [-0.39, 0.29) is 29.7 Å². The number of ether oxygens (including phenoxy) is 1. The summed E-state index contributed by atoms with van der Waals surface area (Å²) in [6, 6.07) is 12.0. The monoisotopic (exact) mass is 476 g/mol. The average molecular weight is 477 g/mol.